The van der Waals surface area contributed by atoms with Gasteiger partial charge in [-0.1, -0.05) is 13.3 Å². The standard InChI is InChI=1S/C13H17F3N2O/c1-2-3-5-18(6-4-17)13(19)9-7-10(14)12(16)11(15)8-9/h7-8H,2-6,17H2,1H3. The van der Waals surface area contributed by atoms with E-state index in [9.17, 15) is 18.0 Å². The van der Waals surface area contributed by atoms with Crippen LogP contribution in [-0.4, -0.2) is 30.4 Å². The van der Waals surface area contributed by atoms with E-state index < -0.39 is 23.4 Å². The molecule has 2 N–H and O–H groups in total. The molecule has 1 aromatic carbocycles. The first-order valence-electron chi connectivity index (χ1n) is 6.15. The molecule has 0 aliphatic rings. The minimum Gasteiger partial charge on any atom is -0.337 e. The quantitative estimate of drug-likeness (QED) is 0.809. The highest BCUT2D eigenvalue weighted by Crippen LogP contribution is 2.15. The zero-order valence-electron chi connectivity index (χ0n) is 10.8. The van der Waals surface area contributed by atoms with E-state index in [1.807, 2.05) is 6.92 Å². The molecule has 0 fully saturated rings. The second kappa shape index (κ2) is 7.13. The van der Waals surface area contributed by atoms with Crippen LogP contribution in [0.25, 0.3) is 0 Å². The minimum atomic E-state index is -1.57. The Bertz CT molecular complexity index is 429. The lowest BCUT2D eigenvalue weighted by Crippen LogP contribution is -2.36. The molecule has 0 aromatic heterocycles. The summed E-state index contributed by atoms with van der Waals surface area (Å²) in [7, 11) is 0. The molecular formula is C13H17F3N2O. The Balaban J connectivity index is 2.95. The molecule has 0 aliphatic carbocycles. The van der Waals surface area contributed by atoms with Gasteiger partial charge in [-0.3, -0.25) is 4.79 Å². The Morgan fingerprint density at radius 1 is 1.21 bits per heavy atom. The number of unbranched alkanes of at least 4 members (excludes halogenated alkanes) is 1. The second-order valence-corrected chi connectivity index (χ2v) is 4.19. The summed E-state index contributed by atoms with van der Waals surface area (Å²) in [6.45, 7) is 2.95. The Labute approximate surface area is 110 Å². The van der Waals surface area contributed by atoms with Gasteiger partial charge in [-0.25, -0.2) is 13.2 Å². The molecule has 1 amide bonds. The maximum absolute atomic E-state index is 13.1. The molecule has 19 heavy (non-hydrogen) atoms. The third kappa shape index (κ3) is 3.96. The first-order valence-corrected chi connectivity index (χ1v) is 6.15. The topological polar surface area (TPSA) is 46.3 Å². The van der Waals surface area contributed by atoms with E-state index >= 15 is 0 Å². The normalized spacial score (nSPS) is 10.6. The van der Waals surface area contributed by atoms with Gasteiger partial charge in [-0.05, 0) is 18.6 Å². The molecule has 0 atom stereocenters. The number of hydrogen-bond acceptors (Lipinski definition) is 2. The predicted octanol–water partition coefficient (Wildman–Crippen LogP) is 2.30. The third-order valence-electron chi connectivity index (χ3n) is 2.70. The Morgan fingerprint density at radius 3 is 2.26 bits per heavy atom. The lowest BCUT2D eigenvalue weighted by Gasteiger charge is -2.22. The second-order valence-electron chi connectivity index (χ2n) is 4.19. The van der Waals surface area contributed by atoms with Crippen LogP contribution in [0.5, 0.6) is 0 Å². The van der Waals surface area contributed by atoms with Crippen molar-refractivity contribution in [3.05, 3.63) is 35.1 Å². The molecule has 0 radical (unpaired) electrons. The van der Waals surface area contributed by atoms with Gasteiger partial charge in [0, 0.05) is 25.2 Å². The number of carbonyl (C=O) groups is 1. The summed E-state index contributed by atoms with van der Waals surface area (Å²) in [6, 6.07) is 1.41. The number of hydrogen-bond donors (Lipinski definition) is 1. The summed E-state index contributed by atoms with van der Waals surface area (Å²) < 4.78 is 39.0. The van der Waals surface area contributed by atoms with Gasteiger partial charge in [0.15, 0.2) is 17.5 Å². The molecule has 3 nitrogen and oxygen atoms in total. The summed E-state index contributed by atoms with van der Waals surface area (Å²) in [4.78, 5) is 13.5. The van der Waals surface area contributed by atoms with E-state index in [1.165, 1.54) is 4.90 Å². The van der Waals surface area contributed by atoms with Crippen molar-refractivity contribution in [3.8, 4) is 0 Å². The zero-order valence-corrected chi connectivity index (χ0v) is 10.8. The van der Waals surface area contributed by atoms with Crippen LogP contribution < -0.4 is 5.73 Å². The molecule has 0 aliphatic heterocycles. The lowest BCUT2D eigenvalue weighted by molar-refractivity contribution is 0.0757. The molecule has 0 saturated carbocycles. The fraction of sp³-hybridized carbons (Fsp3) is 0.462. The molecule has 0 heterocycles. The molecule has 0 unspecified atom stereocenters. The highest BCUT2D eigenvalue weighted by Gasteiger charge is 2.19. The summed E-state index contributed by atoms with van der Waals surface area (Å²) in [5, 5.41) is 0. The van der Waals surface area contributed by atoms with E-state index in [1.54, 1.807) is 0 Å². The van der Waals surface area contributed by atoms with Gasteiger partial charge in [0.2, 0.25) is 0 Å². The number of benzene rings is 1. The van der Waals surface area contributed by atoms with Crippen molar-refractivity contribution in [2.45, 2.75) is 19.8 Å². The predicted molar refractivity (Wildman–Crippen MR) is 66.2 cm³/mol. The fourth-order valence-electron chi connectivity index (χ4n) is 1.68. The van der Waals surface area contributed by atoms with Crippen LogP contribution in [0.3, 0.4) is 0 Å². The lowest BCUT2D eigenvalue weighted by atomic mass is 10.1. The number of carbonyl (C=O) groups excluding carboxylic acids is 1. The van der Waals surface area contributed by atoms with Gasteiger partial charge >= 0.3 is 0 Å². The first kappa shape index (κ1) is 15.5. The molecule has 106 valence electrons. The third-order valence-corrected chi connectivity index (χ3v) is 2.70. The molecule has 0 bridgehead atoms. The van der Waals surface area contributed by atoms with Crippen LogP contribution in [0.4, 0.5) is 13.2 Å². The van der Waals surface area contributed by atoms with Crippen molar-refractivity contribution in [1.29, 1.82) is 0 Å². The van der Waals surface area contributed by atoms with Gasteiger partial charge in [-0.15, -0.1) is 0 Å². The van der Waals surface area contributed by atoms with Crippen LogP contribution in [-0.2, 0) is 0 Å². The average Bonchev–Trinajstić information content (AvgIpc) is 2.39. The van der Waals surface area contributed by atoms with Crippen LogP contribution in [0.15, 0.2) is 12.1 Å². The maximum Gasteiger partial charge on any atom is 0.254 e. The Morgan fingerprint density at radius 2 is 1.79 bits per heavy atom. The van der Waals surface area contributed by atoms with Crippen molar-refractivity contribution in [3.63, 3.8) is 0 Å². The van der Waals surface area contributed by atoms with Crippen molar-refractivity contribution >= 4 is 5.91 Å². The number of rotatable bonds is 6. The maximum atomic E-state index is 13.1. The van der Waals surface area contributed by atoms with E-state index in [-0.39, 0.29) is 12.1 Å². The summed E-state index contributed by atoms with van der Waals surface area (Å²) in [5.41, 5.74) is 5.19. The smallest absolute Gasteiger partial charge is 0.254 e. The summed E-state index contributed by atoms with van der Waals surface area (Å²) in [5.74, 6) is -4.86. The molecule has 0 saturated heterocycles. The van der Waals surface area contributed by atoms with E-state index in [0.717, 1.165) is 12.8 Å². The van der Waals surface area contributed by atoms with Gasteiger partial charge in [0.05, 0.1) is 0 Å². The zero-order chi connectivity index (χ0) is 14.4. The van der Waals surface area contributed by atoms with Crippen LogP contribution in [0.2, 0.25) is 0 Å². The van der Waals surface area contributed by atoms with E-state index in [4.69, 9.17) is 5.73 Å². The van der Waals surface area contributed by atoms with Crippen LogP contribution >= 0.6 is 0 Å². The van der Waals surface area contributed by atoms with Crippen molar-refractivity contribution in [2.24, 2.45) is 5.73 Å². The molecular weight excluding hydrogens is 257 g/mol. The van der Waals surface area contributed by atoms with Gasteiger partial charge in [-0.2, -0.15) is 0 Å². The Kier molecular flexibility index (Phi) is 5.82. The number of nitrogens with two attached hydrogens (primary N) is 1. The van der Waals surface area contributed by atoms with E-state index in [0.29, 0.717) is 25.2 Å². The monoisotopic (exact) mass is 274 g/mol. The van der Waals surface area contributed by atoms with Gasteiger partial charge < -0.3 is 10.6 Å². The van der Waals surface area contributed by atoms with E-state index in [2.05, 4.69) is 0 Å². The largest absolute Gasteiger partial charge is 0.337 e. The molecule has 1 aromatic rings. The molecule has 6 heteroatoms. The SMILES string of the molecule is CCCCN(CCN)C(=O)c1cc(F)c(F)c(F)c1. The molecule has 0 spiro atoms. The van der Waals surface area contributed by atoms with Gasteiger partial charge in [0.1, 0.15) is 0 Å². The number of amides is 1. The first-order chi connectivity index (χ1) is 9.01. The number of halogens is 3. The highest BCUT2D eigenvalue weighted by molar-refractivity contribution is 5.94. The highest BCUT2D eigenvalue weighted by atomic mass is 19.2. The van der Waals surface area contributed by atoms with Crippen molar-refractivity contribution in [2.75, 3.05) is 19.6 Å². The number of nitrogens with zero attached hydrogens (tertiary/aromatic N) is 1. The van der Waals surface area contributed by atoms with Gasteiger partial charge in [0.25, 0.3) is 5.91 Å². The Hall–Kier alpha value is -1.56. The summed E-state index contributed by atoms with van der Waals surface area (Å²) in [6.07, 6.45) is 1.64. The van der Waals surface area contributed by atoms with Crippen molar-refractivity contribution < 1.29 is 18.0 Å². The minimum absolute atomic E-state index is 0.207. The average molecular weight is 274 g/mol. The van der Waals surface area contributed by atoms with Crippen LogP contribution in [0, 0.1) is 17.5 Å². The summed E-state index contributed by atoms with van der Waals surface area (Å²) >= 11 is 0. The fourth-order valence-corrected chi connectivity index (χ4v) is 1.68. The van der Waals surface area contributed by atoms with Crippen molar-refractivity contribution in [1.82, 2.24) is 4.90 Å². The van der Waals surface area contributed by atoms with Crippen LogP contribution in [0.1, 0.15) is 30.1 Å². The molecule has 1 rings (SSSR count).